The number of methoxy groups -OCH3 is 1. The molecule has 1 heterocycles. The molecule has 2 aromatic rings. The number of piperidine rings is 1. The molecule has 0 N–H and O–H groups in total. The fraction of sp³-hybridized carbons (Fsp3) is 0.333. The van der Waals surface area contributed by atoms with Gasteiger partial charge in [0.05, 0.1) is 7.11 Å². The number of Topliss-reactive ketones (excluding diaryl/α,β-unsaturated/α-hetero) is 1. The highest BCUT2D eigenvalue weighted by molar-refractivity contribution is 5.98. The monoisotopic (exact) mass is 371 g/mol. The standard InChI is InChI=1S/C21H22FNO4/c1-26-18-4-2-3-5-19(18)27-14-20(24)23-12-10-16(11-13-23)21(25)15-6-8-17(22)9-7-15/h2-9,16H,10-14H2,1H3. The Labute approximate surface area is 157 Å². The summed E-state index contributed by atoms with van der Waals surface area (Å²) in [6.45, 7) is 0.939. The van der Waals surface area contributed by atoms with Crippen molar-refractivity contribution in [3.8, 4) is 11.5 Å². The highest BCUT2D eigenvalue weighted by atomic mass is 19.1. The van der Waals surface area contributed by atoms with Crippen molar-refractivity contribution in [3.05, 3.63) is 59.9 Å². The van der Waals surface area contributed by atoms with Crippen LogP contribution in [0.1, 0.15) is 23.2 Å². The number of hydrogen-bond donors (Lipinski definition) is 0. The van der Waals surface area contributed by atoms with E-state index in [2.05, 4.69) is 0 Å². The molecule has 0 aromatic heterocycles. The van der Waals surface area contributed by atoms with E-state index in [1.807, 2.05) is 12.1 Å². The number of halogens is 1. The van der Waals surface area contributed by atoms with Crippen LogP contribution in [0.15, 0.2) is 48.5 Å². The largest absolute Gasteiger partial charge is 0.493 e. The van der Waals surface area contributed by atoms with Crippen LogP contribution in [-0.2, 0) is 4.79 Å². The number of carbonyl (C=O) groups excluding carboxylic acids is 2. The zero-order valence-corrected chi connectivity index (χ0v) is 15.2. The number of nitrogens with zero attached hydrogens (tertiary/aromatic N) is 1. The first kappa shape index (κ1) is 18.9. The van der Waals surface area contributed by atoms with Crippen molar-refractivity contribution in [2.75, 3.05) is 26.8 Å². The summed E-state index contributed by atoms with van der Waals surface area (Å²) < 4.78 is 23.8. The van der Waals surface area contributed by atoms with Crippen molar-refractivity contribution in [2.24, 2.45) is 5.92 Å². The fourth-order valence-corrected chi connectivity index (χ4v) is 3.21. The number of hydrogen-bond acceptors (Lipinski definition) is 4. The summed E-state index contributed by atoms with van der Waals surface area (Å²) in [4.78, 5) is 26.6. The molecule has 1 saturated heterocycles. The zero-order chi connectivity index (χ0) is 19.2. The number of rotatable bonds is 6. The summed E-state index contributed by atoms with van der Waals surface area (Å²) in [5.41, 5.74) is 0.515. The number of amides is 1. The summed E-state index contributed by atoms with van der Waals surface area (Å²) in [5.74, 6) is 0.487. The van der Waals surface area contributed by atoms with E-state index < -0.39 is 0 Å². The summed E-state index contributed by atoms with van der Waals surface area (Å²) in [7, 11) is 1.55. The fourth-order valence-electron chi connectivity index (χ4n) is 3.21. The van der Waals surface area contributed by atoms with Gasteiger partial charge in [-0.2, -0.15) is 0 Å². The van der Waals surface area contributed by atoms with E-state index in [1.165, 1.54) is 24.3 Å². The maximum atomic E-state index is 13.0. The van der Waals surface area contributed by atoms with Crippen molar-refractivity contribution in [1.82, 2.24) is 4.90 Å². The molecule has 0 bridgehead atoms. The van der Waals surface area contributed by atoms with Crippen molar-refractivity contribution in [1.29, 1.82) is 0 Å². The second kappa shape index (κ2) is 8.66. The topological polar surface area (TPSA) is 55.8 Å². The molecule has 27 heavy (non-hydrogen) atoms. The molecule has 1 fully saturated rings. The third-order valence-electron chi connectivity index (χ3n) is 4.77. The van der Waals surface area contributed by atoms with Gasteiger partial charge in [-0.25, -0.2) is 4.39 Å². The predicted octanol–water partition coefficient (Wildman–Crippen LogP) is 3.33. The second-order valence-electron chi connectivity index (χ2n) is 6.47. The van der Waals surface area contributed by atoms with E-state index in [1.54, 1.807) is 24.1 Å². The minimum absolute atomic E-state index is 0.00682. The molecule has 0 radical (unpaired) electrons. The Morgan fingerprint density at radius 2 is 1.67 bits per heavy atom. The van der Waals surface area contributed by atoms with Crippen LogP contribution in [0.3, 0.4) is 0 Å². The molecular weight excluding hydrogens is 349 g/mol. The van der Waals surface area contributed by atoms with Gasteiger partial charge in [-0.15, -0.1) is 0 Å². The Morgan fingerprint density at radius 1 is 1.04 bits per heavy atom. The molecular formula is C21H22FNO4. The minimum atomic E-state index is -0.359. The van der Waals surface area contributed by atoms with Crippen LogP contribution >= 0.6 is 0 Å². The second-order valence-corrected chi connectivity index (χ2v) is 6.47. The quantitative estimate of drug-likeness (QED) is 0.731. The van der Waals surface area contributed by atoms with Crippen LogP contribution in [0.25, 0.3) is 0 Å². The van der Waals surface area contributed by atoms with Crippen LogP contribution in [0.4, 0.5) is 4.39 Å². The molecule has 2 aromatic carbocycles. The molecule has 3 rings (SSSR count). The van der Waals surface area contributed by atoms with Gasteiger partial charge in [0.15, 0.2) is 23.9 Å². The average molecular weight is 371 g/mol. The predicted molar refractivity (Wildman–Crippen MR) is 98.5 cm³/mol. The van der Waals surface area contributed by atoms with Crippen LogP contribution in [-0.4, -0.2) is 43.4 Å². The Morgan fingerprint density at radius 3 is 2.30 bits per heavy atom. The van der Waals surface area contributed by atoms with Gasteiger partial charge in [-0.05, 0) is 49.2 Å². The molecule has 1 aliphatic heterocycles. The Bertz CT molecular complexity index is 798. The van der Waals surface area contributed by atoms with Gasteiger partial charge in [0.1, 0.15) is 5.82 Å². The summed E-state index contributed by atoms with van der Waals surface area (Å²) in [5, 5.41) is 0. The highest BCUT2D eigenvalue weighted by Crippen LogP contribution is 2.26. The third-order valence-corrected chi connectivity index (χ3v) is 4.77. The molecule has 0 saturated carbocycles. The number of ketones is 1. The lowest BCUT2D eigenvalue weighted by Gasteiger charge is -2.31. The van der Waals surface area contributed by atoms with Crippen molar-refractivity contribution >= 4 is 11.7 Å². The van der Waals surface area contributed by atoms with E-state index >= 15 is 0 Å². The lowest BCUT2D eigenvalue weighted by atomic mass is 9.89. The first-order valence-electron chi connectivity index (χ1n) is 8.92. The van der Waals surface area contributed by atoms with Gasteiger partial charge in [-0.1, -0.05) is 12.1 Å². The Kier molecular flexibility index (Phi) is 6.06. The molecule has 0 unspecified atom stereocenters. The number of para-hydroxylation sites is 2. The molecule has 6 heteroatoms. The van der Waals surface area contributed by atoms with Gasteiger partial charge in [0, 0.05) is 24.6 Å². The van der Waals surface area contributed by atoms with E-state index in [-0.39, 0.29) is 30.0 Å². The van der Waals surface area contributed by atoms with Crippen LogP contribution in [0, 0.1) is 11.7 Å². The average Bonchev–Trinajstić information content (AvgIpc) is 2.72. The van der Waals surface area contributed by atoms with Crippen molar-refractivity contribution in [2.45, 2.75) is 12.8 Å². The summed E-state index contributed by atoms with van der Waals surface area (Å²) in [6, 6.07) is 12.8. The Hall–Kier alpha value is -2.89. The van der Waals surface area contributed by atoms with E-state index in [4.69, 9.17) is 9.47 Å². The molecule has 5 nitrogen and oxygen atoms in total. The van der Waals surface area contributed by atoms with Crippen LogP contribution in [0.5, 0.6) is 11.5 Å². The minimum Gasteiger partial charge on any atom is -0.493 e. The highest BCUT2D eigenvalue weighted by Gasteiger charge is 2.28. The maximum absolute atomic E-state index is 13.0. The third kappa shape index (κ3) is 4.64. The first-order chi connectivity index (χ1) is 13.1. The molecule has 0 atom stereocenters. The van der Waals surface area contributed by atoms with Gasteiger partial charge >= 0.3 is 0 Å². The van der Waals surface area contributed by atoms with Crippen molar-refractivity contribution in [3.63, 3.8) is 0 Å². The molecule has 1 amide bonds. The lowest BCUT2D eigenvalue weighted by Crippen LogP contribution is -2.42. The number of ether oxygens (including phenoxy) is 2. The maximum Gasteiger partial charge on any atom is 0.260 e. The first-order valence-corrected chi connectivity index (χ1v) is 8.92. The lowest BCUT2D eigenvalue weighted by molar-refractivity contribution is -0.134. The van der Waals surface area contributed by atoms with Gasteiger partial charge in [-0.3, -0.25) is 9.59 Å². The Balaban J connectivity index is 1.50. The number of likely N-dealkylation sites (tertiary alicyclic amines) is 1. The van der Waals surface area contributed by atoms with E-state index in [9.17, 15) is 14.0 Å². The van der Waals surface area contributed by atoms with E-state index in [0.717, 1.165) is 0 Å². The smallest absolute Gasteiger partial charge is 0.260 e. The zero-order valence-electron chi connectivity index (χ0n) is 15.2. The van der Waals surface area contributed by atoms with Crippen LogP contribution in [0.2, 0.25) is 0 Å². The number of carbonyl (C=O) groups is 2. The normalized spacial score (nSPS) is 14.7. The number of benzene rings is 2. The summed E-state index contributed by atoms with van der Waals surface area (Å²) >= 11 is 0. The molecule has 0 spiro atoms. The van der Waals surface area contributed by atoms with Gasteiger partial charge in [0.25, 0.3) is 5.91 Å². The van der Waals surface area contributed by atoms with Gasteiger partial charge < -0.3 is 14.4 Å². The molecule has 1 aliphatic rings. The summed E-state index contributed by atoms with van der Waals surface area (Å²) in [6.07, 6.45) is 1.19. The van der Waals surface area contributed by atoms with Crippen LogP contribution < -0.4 is 9.47 Å². The van der Waals surface area contributed by atoms with Gasteiger partial charge in [0.2, 0.25) is 0 Å². The molecule has 0 aliphatic carbocycles. The SMILES string of the molecule is COc1ccccc1OCC(=O)N1CCC(C(=O)c2ccc(F)cc2)CC1. The molecule has 142 valence electrons. The van der Waals surface area contributed by atoms with Crippen molar-refractivity contribution < 1.29 is 23.5 Å². The van der Waals surface area contributed by atoms with E-state index in [0.29, 0.717) is 43.0 Å².